The molecule has 0 radical (unpaired) electrons. The van der Waals surface area contributed by atoms with Crippen molar-refractivity contribution < 1.29 is 0 Å². The first-order valence-electron chi connectivity index (χ1n) is 5.24. The van der Waals surface area contributed by atoms with E-state index in [0.717, 1.165) is 4.47 Å². The van der Waals surface area contributed by atoms with Gasteiger partial charge in [0, 0.05) is 4.47 Å². The Labute approximate surface area is 104 Å². The molecule has 2 rings (SSSR count). The summed E-state index contributed by atoms with van der Waals surface area (Å²) in [6, 6.07) is 10.6. The van der Waals surface area contributed by atoms with E-state index in [-0.39, 0.29) is 0 Å². The van der Waals surface area contributed by atoms with Crippen LogP contribution in [0.2, 0.25) is 0 Å². The van der Waals surface area contributed by atoms with Crippen LogP contribution < -0.4 is 10.4 Å². The van der Waals surface area contributed by atoms with Crippen LogP contribution in [0.4, 0.5) is 0 Å². The Morgan fingerprint density at radius 2 is 2.00 bits per heavy atom. The molecule has 0 unspecified atom stereocenters. The fourth-order valence-corrected chi connectivity index (χ4v) is 2.72. The fourth-order valence-electron chi connectivity index (χ4n) is 1.90. The van der Waals surface area contributed by atoms with Crippen LogP contribution in [-0.4, -0.2) is 0 Å². The van der Waals surface area contributed by atoms with E-state index >= 15 is 0 Å². The summed E-state index contributed by atoms with van der Waals surface area (Å²) in [6.07, 6.45) is 5.97. The summed E-state index contributed by atoms with van der Waals surface area (Å²) >= 11 is 3.68. The number of rotatable bonds is 1. The maximum atomic E-state index is 3.76. The molecule has 0 heterocycles. The van der Waals surface area contributed by atoms with E-state index in [0.29, 0.717) is 0 Å². The van der Waals surface area contributed by atoms with Gasteiger partial charge < -0.3 is 0 Å². The van der Waals surface area contributed by atoms with Crippen molar-refractivity contribution in [3.8, 4) is 0 Å². The average molecular weight is 273 g/mol. The Bertz CT molecular complexity index is 651. The van der Waals surface area contributed by atoms with Gasteiger partial charge in [0.1, 0.15) is 0 Å². The number of fused-ring (bicyclic) bond motifs is 1. The summed E-state index contributed by atoms with van der Waals surface area (Å²) < 4.78 is 1.15. The topological polar surface area (TPSA) is 0 Å². The van der Waals surface area contributed by atoms with Crippen molar-refractivity contribution in [1.29, 1.82) is 0 Å². The summed E-state index contributed by atoms with van der Waals surface area (Å²) in [6.45, 7) is 5.81. The zero-order chi connectivity index (χ0) is 11.5. The first-order valence-corrected chi connectivity index (χ1v) is 6.03. The van der Waals surface area contributed by atoms with Gasteiger partial charge in [0.2, 0.25) is 0 Å². The van der Waals surface area contributed by atoms with E-state index < -0.39 is 0 Å². The maximum absolute atomic E-state index is 3.76. The molecule has 0 saturated heterocycles. The highest BCUT2D eigenvalue weighted by atomic mass is 79.9. The van der Waals surface area contributed by atoms with Gasteiger partial charge in [-0.3, -0.25) is 0 Å². The van der Waals surface area contributed by atoms with Crippen LogP contribution in [0, 0.1) is 0 Å². The molecule has 2 aromatic carbocycles. The molecule has 80 valence electrons. The molecule has 0 nitrogen and oxygen atoms in total. The van der Waals surface area contributed by atoms with Crippen LogP contribution in [0.5, 0.6) is 0 Å². The zero-order valence-electron chi connectivity index (χ0n) is 9.20. The lowest BCUT2D eigenvalue weighted by molar-refractivity contribution is 1.51. The highest BCUT2D eigenvalue weighted by Crippen LogP contribution is 2.18. The van der Waals surface area contributed by atoms with Crippen LogP contribution in [0.3, 0.4) is 0 Å². The molecule has 16 heavy (non-hydrogen) atoms. The van der Waals surface area contributed by atoms with Crippen molar-refractivity contribution in [2.45, 2.75) is 6.92 Å². The smallest absolute Gasteiger partial charge is 0.0328 e. The number of halogens is 1. The third-order valence-electron chi connectivity index (χ3n) is 2.64. The van der Waals surface area contributed by atoms with Crippen molar-refractivity contribution in [3.05, 3.63) is 57.9 Å². The summed E-state index contributed by atoms with van der Waals surface area (Å²) in [4.78, 5) is 0. The van der Waals surface area contributed by atoms with Gasteiger partial charge in [-0.2, -0.15) is 0 Å². The van der Waals surface area contributed by atoms with Gasteiger partial charge >= 0.3 is 0 Å². The molecule has 0 aliphatic rings. The molecule has 0 aliphatic carbocycles. The molecule has 1 heteroatoms. The van der Waals surface area contributed by atoms with Gasteiger partial charge in [0.25, 0.3) is 0 Å². The normalized spacial score (nSPS) is 13.4. The predicted molar refractivity (Wildman–Crippen MR) is 75.7 cm³/mol. The van der Waals surface area contributed by atoms with Crippen molar-refractivity contribution in [1.82, 2.24) is 0 Å². The predicted octanol–water partition coefficient (Wildman–Crippen LogP) is 3.37. The Morgan fingerprint density at radius 3 is 2.69 bits per heavy atom. The molecular weight excluding hydrogens is 260 g/mol. The van der Waals surface area contributed by atoms with Crippen LogP contribution in [-0.2, 0) is 0 Å². The SMILES string of the molecule is C=C/C=c1/cc2ccccc2c(Br)/c1=C/C. The van der Waals surface area contributed by atoms with Crippen molar-refractivity contribution in [3.63, 3.8) is 0 Å². The Balaban J connectivity index is 3.05. The first-order chi connectivity index (χ1) is 7.77. The molecular formula is C15H13Br. The van der Waals surface area contributed by atoms with Gasteiger partial charge in [-0.05, 0) is 50.1 Å². The Kier molecular flexibility index (Phi) is 3.25. The van der Waals surface area contributed by atoms with Gasteiger partial charge in [0.05, 0.1) is 0 Å². The van der Waals surface area contributed by atoms with Gasteiger partial charge in [-0.15, -0.1) is 0 Å². The number of hydrogen-bond donors (Lipinski definition) is 0. The van der Waals surface area contributed by atoms with Crippen LogP contribution >= 0.6 is 15.9 Å². The van der Waals surface area contributed by atoms with E-state index in [1.807, 2.05) is 12.2 Å². The molecule has 0 amide bonds. The van der Waals surface area contributed by atoms with Crippen molar-refractivity contribution in [2.24, 2.45) is 0 Å². The lowest BCUT2D eigenvalue weighted by Crippen LogP contribution is -2.25. The molecule has 0 bridgehead atoms. The fraction of sp³-hybridized carbons (Fsp3) is 0.0667. The van der Waals surface area contributed by atoms with Crippen LogP contribution in [0.25, 0.3) is 22.9 Å². The summed E-state index contributed by atoms with van der Waals surface area (Å²) in [5.74, 6) is 0. The van der Waals surface area contributed by atoms with E-state index in [1.54, 1.807) is 0 Å². The lowest BCUT2D eigenvalue weighted by atomic mass is 10.1. The molecule has 0 atom stereocenters. The van der Waals surface area contributed by atoms with Gasteiger partial charge in [0.15, 0.2) is 0 Å². The number of hydrogen-bond acceptors (Lipinski definition) is 0. The van der Waals surface area contributed by atoms with E-state index in [9.17, 15) is 0 Å². The minimum atomic E-state index is 1.15. The zero-order valence-corrected chi connectivity index (χ0v) is 10.8. The standard InChI is InChI=1S/C15H13Br/c1-3-7-11-10-12-8-5-6-9-14(12)15(16)13(11)4-2/h3-10H,1H2,2H3/b11-7-,13-4+. The largest absolute Gasteiger partial charge is 0.0990 e. The molecule has 0 fully saturated rings. The Morgan fingerprint density at radius 1 is 1.25 bits per heavy atom. The quantitative estimate of drug-likeness (QED) is 0.747. The summed E-state index contributed by atoms with van der Waals surface area (Å²) in [5.41, 5.74) is 0. The maximum Gasteiger partial charge on any atom is 0.0328 e. The lowest BCUT2D eigenvalue weighted by Gasteiger charge is -2.02. The molecule has 0 aliphatic heterocycles. The number of benzene rings is 2. The van der Waals surface area contributed by atoms with Crippen molar-refractivity contribution in [2.75, 3.05) is 0 Å². The minimum absolute atomic E-state index is 1.15. The summed E-state index contributed by atoms with van der Waals surface area (Å²) in [5, 5.41) is 4.91. The van der Waals surface area contributed by atoms with Gasteiger partial charge in [-0.25, -0.2) is 0 Å². The molecule has 0 saturated carbocycles. The van der Waals surface area contributed by atoms with E-state index in [1.165, 1.54) is 21.2 Å². The second kappa shape index (κ2) is 4.67. The number of allylic oxidation sites excluding steroid dienone is 1. The van der Waals surface area contributed by atoms with Crippen molar-refractivity contribution >= 4 is 38.9 Å². The monoisotopic (exact) mass is 272 g/mol. The summed E-state index contributed by atoms with van der Waals surface area (Å²) in [7, 11) is 0. The molecule has 0 spiro atoms. The first kappa shape index (κ1) is 11.2. The third kappa shape index (κ3) is 1.83. The molecule has 0 N–H and O–H groups in total. The highest BCUT2D eigenvalue weighted by molar-refractivity contribution is 9.10. The van der Waals surface area contributed by atoms with Crippen LogP contribution in [0.15, 0.2) is 47.5 Å². The second-order valence-corrected chi connectivity index (χ2v) is 4.40. The Hall–Kier alpha value is -1.34. The molecule has 2 aromatic rings. The minimum Gasteiger partial charge on any atom is -0.0990 e. The van der Waals surface area contributed by atoms with Crippen LogP contribution in [0.1, 0.15) is 6.92 Å². The second-order valence-electron chi connectivity index (χ2n) is 3.61. The van der Waals surface area contributed by atoms with Gasteiger partial charge in [-0.1, -0.05) is 49.1 Å². The highest BCUT2D eigenvalue weighted by Gasteiger charge is 2.00. The average Bonchev–Trinajstić information content (AvgIpc) is 2.30. The molecule has 0 aromatic heterocycles. The third-order valence-corrected chi connectivity index (χ3v) is 3.50. The van der Waals surface area contributed by atoms with E-state index in [2.05, 4.69) is 65.8 Å². The van der Waals surface area contributed by atoms with E-state index in [4.69, 9.17) is 0 Å².